The molecule has 1 aliphatic rings. The van der Waals surface area contributed by atoms with Crippen molar-refractivity contribution in [1.29, 1.82) is 0 Å². The molecular formula is C25H24FN3O2. The van der Waals surface area contributed by atoms with Gasteiger partial charge < -0.3 is 10.6 Å². The second-order valence-corrected chi connectivity index (χ2v) is 7.68. The molecule has 0 spiro atoms. The zero-order chi connectivity index (χ0) is 21.6. The van der Waals surface area contributed by atoms with Crippen molar-refractivity contribution in [2.24, 2.45) is 0 Å². The van der Waals surface area contributed by atoms with Gasteiger partial charge in [-0.2, -0.15) is 0 Å². The van der Waals surface area contributed by atoms with Gasteiger partial charge in [0.25, 0.3) is 5.91 Å². The summed E-state index contributed by atoms with van der Waals surface area (Å²) in [5.41, 5.74) is 2.52. The predicted molar refractivity (Wildman–Crippen MR) is 119 cm³/mol. The summed E-state index contributed by atoms with van der Waals surface area (Å²) in [5, 5.41) is 5.73. The van der Waals surface area contributed by atoms with Gasteiger partial charge in [-0.1, -0.05) is 42.5 Å². The number of benzene rings is 3. The molecule has 0 unspecified atom stereocenters. The first kappa shape index (κ1) is 20.8. The lowest BCUT2D eigenvalue weighted by Crippen LogP contribution is -2.34. The van der Waals surface area contributed by atoms with E-state index < -0.39 is 0 Å². The van der Waals surface area contributed by atoms with Crippen LogP contribution in [0, 0.1) is 5.82 Å². The largest absolute Gasteiger partial charge is 0.324 e. The summed E-state index contributed by atoms with van der Waals surface area (Å²) in [4.78, 5) is 27.6. The van der Waals surface area contributed by atoms with Crippen LogP contribution < -0.4 is 10.6 Å². The maximum Gasteiger partial charge on any atom is 0.257 e. The molecule has 3 aromatic rings. The molecule has 1 aliphatic carbocycles. The van der Waals surface area contributed by atoms with E-state index >= 15 is 0 Å². The van der Waals surface area contributed by atoms with Gasteiger partial charge in [-0.3, -0.25) is 14.5 Å². The Bertz CT molecular complexity index is 1050. The van der Waals surface area contributed by atoms with Gasteiger partial charge in [-0.25, -0.2) is 4.39 Å². The van der Waals surface area contributed by atoms with Gasteiger partial charge in [0.2, 0.25) is 5.91 Å². The number of nitrogens with zero attached hydrogens (tertiary/aromatic N) is 1. The Balaban J connectivity index is 1.42. The molecule has 0 aliphatic heterocycles. The van der Waals surface area contributed by atoms with Crippen LogP contribution in [0.2, 0.25) is 0 Å². The molecule has 1 fully saturated rings. The monoisotopic (exact) mass is 417 g/mol. The topological polar surface area (TPSA) is 61.4 Å². The Labute approximate surface area is 180 Å². The molecule has 1 saturated carbocycles. The van der Waals surface area contributed by atoms with E-state index in [1.165, 1.54) is 12.1 Å². The van der Waals surface area contributed by atoms with E-state index in [0.29, 0.717) is 29.5 Å². The van der Waals surface area contributed by atoms with Crippen LogP contribution in [-0.2, 0) is 11.3 Å². The molecule has 31 heavy (non-hydrogen) atoms. The SMILES string of the molecule is O=C(CN(Cc1ccc(F)cc1)C1CC1)Nc1ccccc1C(=O)Nc1ccccc1. The number of para-hydroxylation sites is 2. The number of hydrogen-bond donors (Lipinski definition) is 2. The Kier molecular flexibility index (Phi) is 6.38. The first-order chi connectivity index (χ1) is 15.1. The van der Waals surface area contributed by atoms with Crippen molar-refractivity contribution in [3.63, 3.8) is 0 Å². The standard InChI is InChI=1S/C25H24FN3O2/c26-19-12-10-18(11-13-19)16-29(21-14-15-21)17-24(30)28-23-9-5-4-8-22(23)25(31)27-20-6-2-1-3-7-20/h1-13,21H,14-17H2,(H,27,31)(H,28,30). The van der Waals surface area contributed by atoms with Crippen LogP contribution in [0.15, 0.2) is 78.9 Å². The first-order valence-electron chi connectivity index (χ1n) is 10.3. The second kappa shape index (κ2) is 9.53. The maximum absolute atomic E-state index is 13.2. The van der Waals surface area contributed by atoms with Gasteiger partial charge in [0, 0.05) is 18.3 Å². The molecule has 0 atom stereocenters. The second-order valence-electron chi connectivity index (χ2n) is 7.68. The van der Waals surface area contributed by atoms with Crippen LogP contribution in [-0.4, -0.2) is 29.3 Å². The van der Waals surface area contributed by atoms with Crippen molar-refractivity contribution < 1.29 is 14.0 Å². The fraction of sp³-hybridized carbons (Fsp3) is 0.200. The highest BCUT2D eigenvalue weighted by molar-refractivity contribution is 6.10. The van der Waals surface area contributed by atoms with E-state index in [4.69, 9.17) is 0 Å². The minimum atomic E-state index is -0.285. The smallest absolute Gasteiger partial charge is 0.257 e. The molecule has 0 saturated heterocycles. The van der Waals surface area contributed by atoms with Crippen molar-refractivity contribution in [3.8, 4) is 0 Å². The number of halogens is 1. The first-order valence-corrected chi connectivity index (χ1v) is 10.3. The number of amides is 2. The van der Waals surface area contributed by atoms with E-state index in [2.05, 4.69) is 15.5 Å². The van der Waals surface area contributed by atoms with Gasteiger partial charge >= 0.3 is 0 Å². The third-order valence-electron chi connectivity index (χ3n) is 5.19. The lowest BCUT2D eigenvalue weighted by Gasteiger charge is -2.22. The Hall–Kier alpha value is -3.51. The van der Waals surface area contributed by atoms with Crippen LogP contribution in [0.25, 0.3) is 0 Å². The third-order valence-corrected chi connectivity index (χ3v) is 5.19. The molecule has 5 nitrogen and oxygen atoms in total. The van der Waals surface area contributed by atoms with Crippen molar-refractivity contribution in [2.75, 3.05) is 17.2 Å². The number of hydrogen-bond acceptors (Lipinski definition) is 3. The molecule has 0 radical (unpaired) electrons. The minimum absolute atomic E-state index is 0.186. The molecule has 6 heteroatoms. The fourth-order valence-corrected chi connectivity index (χ4v) is 3.46. The quantitative estimate of drug-likeness (QED) is 0.559. The predicted octanol–water partition coefficient (Wildman–Crippen LogP) is 4.68. The van der Waals surface area contributed by atoms with Crippen molar-refractivity contribution in [1.82, 2.24) is 4.90 Å². The summed E-state index contributed by atoms with van der Waals surface area (Å²) in [7, 11) is 0. The molecule has 0 aromatic heterocycles. The highest BCUT2D eigenvalue weighted by Gasteiger charge is 2.30. The summed E-state index contributed by atoms with van der Waals surface area (Å²) in [5.74, 6) is -0.744. The van der Waals surface area contributed by atoms with Gasteiger partial charge in [0.05, 0.1) is 17.8 Å². The lowest BCUT2D eigenvalue weighted by atomic mass is 10.1. The van der Waals surface area contributed by atoms with Gasteiger partial charge in [0.15, 0.2) is 0 Å². The Morgan fingerprint density at radius 3 is 2.26 bits per heavy atom. The zero-order valence-electron chi connectivity index (χ0n) is 17.1. The highest BCUT2D eigenvalue weighted by atomic mass is 19.1. The van der Waals surface area contributed by atoms with Crippen LogP contribution >= 0.6 is 0 Å². The molecule has 0 heterocycles. The Morgan fingerprint density at radius 2 is 1.55 bits per heavy atom. The number of nitrogens with one attached hydrogen (secondary N) is 2. The molecule has 4 rings (SSSR count). The van der Waals surface area contributed by atoms with Crippen LogP contribution in [0.1, 0.15) is 28.8 Å². The normalized spacial score (nSPS) is 13.1. The lowest BCUT2D eigenvalue weighted by molar-refractivity contribution is -0.117. The maximum atomic E-state index is 13.2. The molecule has 2 amide bonds. The molecule has 158 valence electrons. The summed E-state index contributed by atoms with van der Waals surface area (Å²) >= 11 is 0. The number of anilines is 2. The van der Waals surface area contributed by atoms with Crippen molar-refractivity contribution in [2.45, 2.75) is 25.4 Å². The summed E-state index contributed by atoms with van der Waals surface area (Å²) in [6.45, 7) is 0.783. The zero-order valence-corrected chi connectivity index (χ0v) is 17.1. The van der Waals surface area contributed by atoms with Gasteiger partial charge in [-0.15, -0.1) is 0 Å². The number of carbonyl (C=O) groups is 2. The van der Waals surface area contributed by atoms with Crippen molar-refractivity contribution >= 4 is 23.2 Å². The molecule has 2 N–H and O–H groups in total. The molecular weight excluding hydrogens is 393 g/mol. The average Bonchev–Trinajstić information content (AvgIpc) is 3.61. The summed E-state index contributed by atoms with van der Waals surface area (Å²) in [6, 6.07) is 22.8. The highest BCUT2D eigenvalue weighted by Crippen LogP contribution is 2.28. The van der Waals surface area contributed by atoms with Gasteiger partial charge in [0.1, 0.15) is 5.82 Å². The van der Waals surface area contributed by atoms with E-state index in [9.17, 15) is 14.0 Å². The van der Waals surface area contributed by atoms with E-state index in [1.54, 1.807) is 36.4 Å². The number of carbonyl (C=O) groups excluding carboxylic acids is 2. The van der Waals surface area contributed by atoms with E-state index in [1.807, 2.05) is 30.3 Å². The minimum Gasteiger partial charge on any atom is -0.324 e. The molecule has 3 aromatic carbocycles. The number of rotatable bonds is 8. The summed E-state index contributed by atoms with van der Waals surface area (Å²) < 4.78 is 13.2. The van der Waals surface area contributed by atoms with E-state index in [-0.39, 0.29) is 24.2 Å². The van der Waals surface area contributed by atoms with Gasteiger partial charge in [-0.05, 0) is 54.8 Å². The Morgan fingerprint density at radius 1 is 0.871 bits per heavy atom. The average molecular weight is 417 g/mol. The molecule has 0 bridgehead atoms. The third kappa shape index (κ3) is 5.77. The van der Waals surface area contributed by atoms with Crippen LogP contribution in [0.5, 0.6) is 0 Å². The fourth-order valence-electron chi connectivity index (χ4n) is 3.46. The van der Waals surface area contributed by atoms with E-state index in [0.717, 1.165) is 18.4 Å². The van der Waals surface area contributed by atoms with Crippen molar-refractivity contribution in [3.05, 3.63) is 95.8 Å². The van der Waals surface area contributed by atoms with Crippen LogP contribution in [0.4, 0.5) is 15.8 Å². The summed E-state index contributed by atoms with van der Waals surface area (Å²) in [6.07, 6.45) is 2.09. The van der Waals surface area contributed by atoms with Crippen LogP contribution in [0.3, 0.4) is 0 Å².